The predicted octanol–water partition coefficient (Wildman–Crippen LogP) is 6.03. The van der Waals surface area contributed by atoms with Gasteiger partial charge in [-0.25, -0.2) is 4.99 Å². The van der Waals surface area contributed by atoms with E-state index in [0.717, 1.165) is 9.13 Å². The van der Waals surface area contributed by atoms with Crippen LogP contribution in [-0.4, -0.2) is 6.21 Å². The summed E-state index contributed by atoms with van der Waals surface area (Å²) in [5.74, 6) is 1.65. The molecular weight excluding hydrogens is 443 g/mol. The average molecular weight is 454 g/mol. The number of halogens is 1. The van der Waals surface area contributed by atoms with Crippen LogP contribution in [-0.2, 0) is 0 Å². The number of rotatable bonds is 4. The Labute approximate surface area is 162 Å². The van der Waals surface area contributed by atoms with Crippen LogP contribution in [0.15, 0.2) is 79.3 Å². The molecule has 0 saturated carbocycles. The van der Waals surface area contributed by atoms with E-state index in [1.54, 1.807) is 43.0 Å². The Balaban J connectivity index is 1.87. The molecule has 5 nitrogen and oxygen atoms in total. The third-order valence-corrected chi connectivity index (χ3v) is 4.72. The summed E-state index contributed by atoms with van der Waals surface area (Å²) < 4.78 is 17.9. The second-order valence-corrected chi connectivity index (χ2v) is 6.49. The number of furan rings is 3. The van der Waals surface area contributed by atoms with E-state index in [2.05, 4.69) is 33.7 Å². The van der Waals surface area contributed by atoms with Crippen LogP contribution >= 0.6 is 22.6 Å². The Kier molecular flexibility index (Phi) is 4.46. The summed E-state index contributed by atoms with van der Waals surface area (Å²) in [6, 6.07) is 17.0. The average Bonchev–Trinajstić information content (AvgIpc) is 3.39. The summed E-state index contributed by atoms with van der Waals surface area (Å²) in [6.45, 7) is 0. The largest absolute Gasteiger partial charge is 0.464 e. The van der Waals surface area contributed by atoms with Crippen LogP contribution in [0.5, 0.6) is 0 Å². The molecule has 4 rings (SSSR count). The SMILES string of the molecule is N#Cc1c(N=Cc2ccccc2I)oc(-c2ccco2)c1-c1ccco1. The van der Waals surface area contributed by atoms with E-state index < -0.39 is 0 Å². The summed E-state index contributed by atoms with van der Waals surface area (Å²) >= 11 is 2.23. The Morgan fingerprint density at radius 2 is 1.69 bits per heavy atom. The molecule has 0 spiro atoms. The molecule has 6 heteroatoms. The standard InChI is InChI=1S/C20H11IN2O3/c21-15-6-2-1-5-13(15)12-23-20-14(11-22)18(16-7-3-9-24-16)19(26-20)17-8-4-10-25-17/h1-10,12H. The second-order valence-electron chi connectivity index (χ2n) is 5.33. The van der Waals surface area contributed by atoms with Crippen LogP contribution in [0.25, 0.3) is 22.8 Å². The van der Waals surface area contributed by atoms with Crippen molar-refractivity contribution in [3.8, 4) is 28.9 Å². The molecule has 4 aromatic rings. The van der Waals surface area contributed by atoms with Gasteiger partial charge in [0.05, 0.1) is 18.1 Å². The molecule has 26 heavy (non-hydrogen) atoms. The first kappa shape index (κ1) is 16.4. The molecule has 0 saturated heterocycles. The highest BCUT2D eigenvalue weighted by atomic mass is 127. The lowest BCUT2D eigenvalue weighted by atomic mass is 10.1. The first-order valence-corrected chi connectivity index (χ1v) is 8.79. The van der Waals surface area contributed by atoms with Gasteiger partial charge in [0.15, 0.2) is 11.5 Å². The summed E-state index contributed by atoms with van der Waals surface area (Å²) in [5, 5.41) is 9.70. The van der Waals surface area contributed by atoms with Crippen LogP contribution in [0.2, 0.25) is 0 Å². The first-order chi connectivity index (χ1) is 12.8. The van der Waals surface area contributed by atoms with Crippen molar-refractivity contribution in [1.82, 2.24) is 0 Å². The lowest BCUT2D eigenvalue weighted by Crippen LogP contribution is -1.85. The minimum atomic E-state index is 0.213. The van der Waals surface area contributed by atoms with E-state index in [1.165, 1.54) is 0 Å². The fraction of sp³-hybridized carbons (Fsp3) is 0. The number of benzene rings is 1. The Hall–Kier alpha value is -3.05. The molecule has 0 bridgehead atoms. The number of hydrogen-bond donors (Lipinski definition) is 0. The van der Waals surface area contributed by atoms with E-state index >= 15 is 0 Å². The maximum absolute atomic E-state index is 9.70. The van der Waals surface area contributed by atoms with Gasteiger partial charge in [-0.15, -0.1) is 0 Å². The highest BCUT2D eigenvalue weighted by Crippen LogP contribution is 2.42. The number of nitrogens with zero attached hydrogens (tertiary/aromatic N) is 2. The van der Waals surface area contributed by atoms with Gasteiger partial charge in [-0.05, 0) is 52.9 Å². The Bertz CT molecular complexity index is 1100. The van der Waals surface area contributed by atoms with Gasteiger partial charge >= 0.3 is 0 Å². The van der Waals surface area contributed by atoms with Crippen molar-refractivity contribution in [3.05, 3.63) is 75.8 Å². The maximum atomic E-state index is 9.70. The lowest BCUT2D eigenvalue weighted by molar-refractivity contribution is 0.527. The quantitative estimate of drug-likeness (QED) is 0.279. The molecule has 0 amide bonds. The van der Waals surface area contributed by atoms with Gasteiger partial charge in [0.25, 0.3) is 0 Å². The molecular formula is C20H11IN2O3. The van der Waals surface area contributed by atoms with E-state index in [0.29, 0.717) is 28.4 Å². The summed E-state index contributed by atoms with van der Waals surface area (Å²) in [7, 11) is 0. The number of nitriles is 1. The van der Waals surface area contributed by atoms with E-state index in [-0.39, 0.29) is 5.88 Å². The predicted molar refractivity (Wildman–Crippen MR) is 105 cm³/mol. The molecule has 3 heterocycles. The summed E-state index contributed by atoms with van der Waals surface area (Å²) in [5.41, 5.74) is 1.77. The Morgan fingerprint density at radius 3 is 2.35 bits per heavy atom. The van der Waals surface area contributed by atoms with Crippen molar-refractivity contribution in [3.63, 3.8) is 0 Å². The van der Waals surface area contributed by atoms with Gasteiger partial charge < -0.3 is 13.3 Å². The summed E-state index contributed by atoms with van der Waals surface area (Å²) in [6.07, 6.45) is 4.77. The maximum Gasteiger partial charge on any atom is 0.238 e. The molecule has 0 atom stereocenters. The van der Waals surface area contributed by atoms with Crippen molar-refractivity contribution in [2.75, 3.05) is 0 Å². The van der Waals surface area contributed by atoms with Crippen molar-refractivity contribution in [2.24, 2.45) is 4.99 Å². The van der Waals surface area contributed by atoms with Gasteiger partial charge in [0, 0.05) is 15.3 Å². The normalized spacial score (nSPS) is 11.1. The molecule has 0 aliphatic heterocycles. The molecule has 126 valence electrons. The van der Waals surface area contributed by atoms with Crippen molar-refractivity contribution in [1.29, 1.82) is 5.26 Å². The first-order valence-electron chi connectivity index (χ1n) is 7.71. The highest BCUT2D eigenvalue weighted by molar-refractivity contribution is 14.1. The van der Waals surface area contributed by atoms with E-state index in [1.807, 2.05) is 24.3 Å². The smallest absolute Gasteiger partial charge is 0.238 e. The third-order valence-electron chi connectivity index (χ3n) is 3.74. The van der Waals surface area contributed by atoms with Gasteiger partial charge in [0.2, 0.25) is 5.88 Å². The zero-order valence-corrected chi connectivity index (χ0v) is 15.5. The van der Waals surface area contributed by atoms with Crippen LogP contribution < -0.4 is 0 Å². The van der Waals surface area contributed by atoms with Crippen LogP contribution in [0.4, 0.5) is 5.88 Å². The number of aliphatic imine (C=N–C) groups is 1. The third kappa shape index (κ3) is 2.97. The van der Waals surface area contributed by atoms with Crippen LogP contribution in [0.3, 0.4) is 0 Å². The molecule has 0 aliphatic rings. The fourth-order valence-electron chi connectivity index (χ4n) is 2.56. The Morgan fingerprint density at radius 1 is 0.962 bits per heavy atom. The van der Waals surface area contributed by atoms with Crippen LogP contribution in [0, 0.1) is 14.9 Å². The van der Waals surface area contributed by atoms with Gasteiger partial charge in [-0.2, -0.15) is 5.26 Å². The van der Waals surface area contributed by atoms with Crippen LogP contribution in [0.1, 0.15) is 11.1 Å². The van der Waals surface area contributed by atoms with E-state index in [9.17, 15) is 5.26 Å². The lowest BCUT2D eigenvalue weighted by Gasteiger charge is -1.96. The van der Waals surface area contributed by atoms with Crippen molar-refractivity contribution in [2.45, 2.75) is 0 Å². The van der Waals surface area contributed by atoms with Gasteiger partial charge in [-0.1, -0.05) is 18.2 Å². The molecule has 0 fully saturated rings. The van der Waals surface area contributed by atoms with E-state index in [4.69, 9.17) is 13.3 Å². The molecule has 0 N–H and O–H groups in total. The molecule has 0 radical (unpaired) electrons. The van der Waals surface area contributed by atoms with Crippen molar-refractivity contribution < 1.29 is 13.3 Å². The monoisotopic (exact) mass is 454 g/mol. The molecule has 1 aromatic carbocycles. The number of hydrogen-bond acceptors (Lipinski definition) is 5. The summed E-state index contributed by atoms with van der Waals surface area (Å²) in [4.78, 5) is 4.41. The highest BCUT2D eigenvalue weighted by Gasteiger charge is 2.25. The topological polar surface area (TPSA) is 75.6 Å². The second kappa shape index (κ2) is 7.06. The molecule has 3 aromatic heterocycles. The zero-order chi connectivity index (χ0) is 17.9. The fourth-order valence-corrected chi connectivity index (χ4v) is 3.09. The van der Waals surface area contributed by atoms with Gasteiger partial charge in [-0.3, -0.25) is 0 Å². The molecule has 0 aliphatic carbocycles. The minimum absolute atomic E-state index is 0.213. The van der Waals surface area contributed by atoms with Gasteiger partial charge in [0.1, 0.15) is 17.4 Å². The van der Waals surface area contributed by atoms with Crippen molar-refractivity contribution >= 4 is 34.7 Å². The molecule has 0 unspecified atom stereocenters. The minimum Gasteiger partial charge on any atom is -0.464 e. The zero-order valence-electron chi connectivity index (χ0n) is 13.3.